The summed E-state index contributed by atoms with van der Waals surface area (Å²) in [4.78, 5) is 3.89. The van der Waals surface area contributed by atoms with Crippen molar-refractivity contribution < 1.29 is 4.39 Å². The van der Waals surface area contributed by atoms with E-state index in [4.69, 9.17) is 5.26 Å². The summed E-state index contributed by atoms with van der Waals surface area (Å²) < 4.78 is 13.3. The molecule has 0 aliphatic rings. The molecule has 1 aromatic heterocycles. The largest absolute Gasteiger partial charge is 0.309 e. The molecule has 4 heteroatoms. The lowest BCUT2D eigenvalue weighted by Gasteiger charge is -2.06. The minimum atomic E-state index is -0.211. The third-order valence-electron chi connectivity index (χ3n) is 2.54. The van der Waals surface area contributed by atoms with Gasteiger partial charge in [-0.3, -0.25) is 0 Å². The van der Waals surface area contributed by atoms with Crippen LogP contribution >= 0.6 is 0 Å². The molecule has 3 nitrogen and oxygen atoms in total. The molecule has 0 aliphatic heterocycles. The molecule has 18 heavy (non-hydrogen) atoms. The highest BCUT2D eigenvalue weighted by atomic mass is 19.1. The first kappa shape index (κ1) is 12.2. The molecule has 1 aromatic carbocycles. The van der Waals surface area contributed by atoms with Crippen LogP contribution in [0.3, 0.4) is 0 Å². The molecule has 0 spiro atoms. The predicted molar refractivity (Wildman–Crippen MR) is 65.9 cm³/mol. The van der Waals surface area contributed by atoms with Gasteiger partial charge < -0.3 is 5.32 Å². The highest BCUT2D eigenvalue weighted by Crippen LogP contribution is 2.06. The van der Waals surface area contributed by atoms with Gasteiger partial charge in [-0.1, -0.05) is 18.2 Å². The zero-order valence-corrected chi connectivity index (χ0v) is 9.73. The van der Waals surface area contributed by atoms with E-state index in [0.29, 0.717) is 24.3 Å². The number of rotatable bonds is 4. The quantitative estimate of drug-likeness (QED) is 0.894. The van der Waals surface area contributed by atoms with E-state index in [2.05, 4.69) is 10.3 Å². The zero-order chi connectivity index (χ0) is 12.8. The number of hydrogen-bond acceptors (Lipinski definition) is 3. The van der Waals surface area contributed by atoms with Crippen LogP contribution in [0.4, 0.5) is 4.39 Å². The topological polar surface area (TPSA) is 48.7 Å². The number of pyridine rings is 1. The SMILES string of the molecule is N#Cc1cc(CNCc2ccccc2F)ccn1. The highest BCUT2D eigenvalue weighted by Gasteiger charge is 2.00. The molecule has 1 N–H and O–H groups in total. The van der Waals surface area contributed by atoms with Gasteiger partial charge in [-0.25, -0.2) is 9.37 Å². The van der Waals surface area contributed by atoms with Gasteiger partial charge in [0.05, 0.1) is 0 Å². The summed E-state index contributed by atoms with van der Waals surface area (Å²) in [6, 6.07) is 12.2. The lowest BCUT2D eigenvalue weighted by atomic mass is 10.2. The van der Waals surface area contributed by atoms with Crippen molar-refractivity contribution in [3.05, 3.63) is 65.2 Å². The Kier molecular flexibility index (Phi) is 4.00. The second-order valence-corrected chi connectivity index (χ2v) is 3.86. The number of nitrogens with one attached hydrogen (secondary N) is 1. The first-order valence-electron chi connectivity index (χ1n) is 5.59. The molecule has 0 aliphatic carbocycles. The molecule has 0 atom stereocenters. The van der Waals surface area contributed by atoms with Crippen LogP contribution in [0.15, 0.2) is 42.6 Å². The summed E-state index contributed by atoms with van der Waals surface area (Å²) in [6.07, 6.45) is 1.60. The molecule has 0 amide bonds. The average molecular weight is 241 g/mol. The normalized spacial score (nSPS) is 10.0. The van der Waals surface area contributed by atoms with Gasteiger partial charge in [0.15, 0.2) is 0 Å². The summed E-state index contributed by atoms with van der Waals surface area (Å²) in [5.74, 6) is -0.211. The van der Waals surface area contributed by atoms with Crippen molar-refractivity contribution in [2.45, 2.75) is 13.1 Å². The maximum Gasteiger partial charge on any atom is 0.140 e. The average Bonchev–Trinajstić information content (AvgIpc) is 2.41. The van der Waals surface area contributed by atoms with Gasteiger partial charge in [0.1, 0.15) is 17.6 Å². The number of halogens is 1. The molecule has 2 rings (SSSR count). The molecule has 1 heterocycles. The molecule has 0 saturated heterocycles. The number of aromatic nitrogens is 1. The summed E-state index contributed by atoms with van der Waals surface area (Å²) in [5, 5.41) is 11.9. The monoisotopic (exact) mass is 241 g/mol. The third kappa shape index (κ3) is 3.12. The van der Waals surface area contributed by atoms with Crippen molar-refractivity contribution in [3.8, 4) is 6.07 Å². The Morgan fingerprint density at radius 3 is 2.83 bits per heavy atom. The number of hydrogen-bond donors (Lipinski definition) is 1. The summed E-state index contributed by atoms with van der Waals surface area (Å²) in [7, 11) is 0. The third-order valence-corrected chi connectivity index (χ3v) is 2.54. The van der Waals surface area contributed by atoms with E-state index in [9.17, 15) is 4.39 Å². The number of nitrogens with zero attached hydrogens (tertiary/aromatic N) is 2. The second-order valence-electron chi connectivity index (χ2n) is 3.86. The Morgan fingerprint density at radius 1 is 1.22 bits per heavy atom. The molecule has 90 valence electrons. The molecule has 0 saturated carbocycles. The van der Waals surface area contributed by atoms with Crippen LogP contribution in [0.2, 0.25) is 0 Å². The van der Waals surface area contributed by atoms with E-state index >= 15 is 0 Å². The molecule has 0 unspecified atom stereocenters. The fourth-order valence-corrected chi connectivity index (χ4v) is 1.63. The van der Waals surface area contributed by atoms with Gasteiger partial charge >= 0.3 is 0 Å². The molecule has 2 aromatic rings. The molecular formula is C14H12FN3. The maximum absolute atomic E-state index is 13.3. The van der Waals surface area contributed by atoms with Crippen LogP contribution in [0.25, 0.3) is 0 Å². The van der Waals surface area contributed by atoms with Gasteiger partial charge in [-0.15, -0.1) is 0 Å². The van der Waals surface area contributed by atoms with E-state index in [1.165, 1.54) is 6.07 Å². The van der Waals surface area contributed by atoms with Crippen molar-refractivity contribution in [2.24, 2.45) is 0 Å². The van der Waals surface area contributed by atoms with Crippen LogP contribution in [0.5, 0.6) is 0 Å². The fourth-order valence-electron chi connectivity index (χ4n) is 1.63. The van der Waals surface area contributed by atoms with Gasteiger partial charge in [0.25, 0.3) is 0 Å². The Morgan fingerprint density at radius 2 is 2.06 bits per heavy atom. The van der Waals surface area contributed by atoms with E-state index in [1.807, 2.05) is 12.1 Å². The maximum atomic E-state index is 13.3. The first-order chi connectivity index (χ1) is 8.79. The van der Waals surface area contributed by atoms with Crippen LogP contribution in [-0.4, -0.2) is 4.98 Å². The number of benzene rings is 1. The van der Waals surface area contributed by atoms with E-state index < -0.39 is 0 Å². The first-order valence-corrected chi connectivity index (χ1v) is 5.59. The van der Waals surface area contributed by atoms with Crippen LogP contribution in [0, 0.1) is 17.1 Å². The van der Waals surface area contributed by atoms with Gasteiger partial charge in [-0.05, 0) is 23.8 Å². The highest BCUT2D eigenvalue weighted by molar-refractivity contribution is 5.25. The molecule has 0 fully saturated rings. The number of nitriles is 1. The Labute approximate surface area is 105 Å². The molecule has 0 radical (unpaired) electrons. The minimum Gasteiger partial charge on any atom is -0.309 e. The Hall–Kier alpha value is -2.25. The van der Waals surface area contributed by atoms with Crippen molar-refractivity contribution >= 4 is 0 Å². The molecule has 0 bridgehead atoms. The van der Waals surface area contributed by atoms with Gasteiger partial charge in [0.2, 0.25) is 0 Å². The molecular weight excluding hydrogens is 229 g/mol. The fraction of sp³-hybridized carbons (Fsp3) is 0.143. The smallest absolute Gasteiger partial charge is 0.140 e. The predicted octanol–water partition coefficient (Wildman–Crippen LogP) is 2.38. The Bertz CT molecular complexity index is 575. The van der Waals surface area contributed by atoms with Crippen LogP contribution in [0.1, 0.15) is 16.8 Å². The van der Waals surface area contributed by atoms with E-state index in [-0.39, 0.29) is 5.82 Å². The van der Waals surface area contributed by atoms with E-state index in [0.717, 1.165) is 5.56 Å². The summed E-state index contributed by atoms with van der Waals surface area (Å²) >= 11 is 0. The van der Waals surface area contributed by atoms with Crippen LogP contribution in [-0.2, 0) is 13.1 Å². The van der Waals surface area contributed by atoms with Gasteiger partial charge in [0, 0.05) is 24.8 Å². The van der Waals surface area contributed by atoms with Crippen molar-refractivity contribution in [2.75, 3.05) is 0 Å². The minimum absolute atomic E-state index is 0.211. The summed E-state index contributed by atoms with van der Waals surface area (Å²) in [5.41, 5.74) is 1.98. The van der Waals surface area contributed by atoms with Crippen molar-refractivity contribution in [3.63, 3.8) is 0 Å². The van der Waals surface area contributed by atoms with Crippen molar-refractivity contribution in [1.29, 1.82) is 5.26 Å². The van der Waals surface area contributed by atoms with Crippen molar-refractivity contribution in [1.82, 2.24) is 10.3 Å². The Balaban J connectivity index is 1.93. The lowest BCUT2D eigenvalue weighted by molar-refractivity contribution is 0.588. The lowest BCUT2D eigenvalue weighted by Crippen LogP contribution is -2.13. The van der Waals surface area contributed by atoms with E-state index in [1.54, 1.807) is 30.5 Å². The van der Waals surface area contributed by atoms with Gasteiger partial charge in [-0.2, -0.15) is 5.26 Å². The van der Waals surface area contributed by atoms with Crippen LogP contribution < -0.4 is 5.32 Å². The zero-order valence-electron chi connectivity index (χ0n) is 9.73. The second kappa shape index (κ2) is 5.89. The summed E-state index contributed by atoms with van der Waals surface area (Å²) in [6.45, 7) is 1.03. The standard InChI is InChI=1S/C14H12FN3/c15-14-4-2-1-3-12(14)10-17-9-11-5-6-18-13(7-11)8-16/h1-7,17H,9-10H2.